The molecule has 0 saturated carbocycles. The Morgan fingerprint density at radius 3 is 2.93 bits per heavy atom. The third kappa shape index (κ3) is 5.10. The van der Waals surface area contributed by atoms with Gasteiger partial charge in [0, 0.05) is 38.2 Å². The summed E-state index contributed by atoms with van der Waals surface area (Å²) in [6.45, 7) is 1.52. The Labute approximate surface area is 159 Å². The number of carbonyl (C=O) groups excluding carboxylic acids is 1. The average molecular weight is 372 g/mol. The first-order valence-corrected chi connectivity index (χ1v) is 9.62. The Kier molecular flexibility index (Phi) is 6.50. The van der Waals surface area contributed by atoms with Gasteiger partial charge in [-0.1, -0.05) is 0 Å². The number of nitrogens with zero attached hydrogens (tertiary/aromatic N) is 1. The molecule has 0 aliphatic carbocycles. The Hall–Kier alpha value is -2.34. The van der Waals surface area contributed by atoms with Crippen molar-refractivity contribution in [2.45, 2.75) is 44.6 Å². The molecule has 3 rings (SSSR count). The number of methoxy groups -OCH3 is 1. The van der Waals surface area contributed by atoms with Gasteiger partial charge >= 0.3 is 0 Å². The zero-order valence-electron chi connectivity index (χ0n) is 16.1. The summed E-state index contributed by atoms with van der Waals surface area (Å²) < 4.78 is 10.9. The van der Waals surface area contributed by atoms with Gasteiger partial charge in [-0.2, -0.15) is 0 Å². The molecule has 2 heterocycles. The van der Waals surface area contributed by atoms with E-state index in [1.165, 1.54) is 6.42 Å². The van der Waals surface area contributed by atoms with E-state index in [0.717, 1.165) is 36.8 Å². The first-order valence-electron chi connectivity index (χ1n) is 9.62. The standard InChI is InChI=1S/C21H28N2O4/c1-23(11-10-17-5-3-4-12-27-17)20(24)9-7-16-13-15-6-8-18(26-2)14-19(15)22-21(16)25/h6,8,13-14,17H,3-5,7,9-12H2,1-2H3,(H,22,25). The molecular weight excluding hydrogens is 344 g/mol. The summed E-state index contributed by atoms with van der Waals surface area (Å²) in [6, 6.07) is 7.42. The fraction of sp³-hybridized carbons (Fsp3) is 0.524. The maximum Gasteiger partial charge on any atom is 0.251 e. The Balaban J connectivity index is 1.56. The topological polar surface area (TPSA) is 71.6 Å². The van der Waals surface area contributed by atoms with Crippen LogP contribution in [-0.4, -0.2) is 49.2 Å². The van der Waals surface area contributed by atoms with Crippen molar-refractivity contribution in [2.75, 3.05) is 27.3 Å². The molecule has 6 nitrogen and oxygen atoms in total. The lowest BCUT2D eigenvalue weighted by Gasteiger charge is -2.25. The first-order chi connectivity index (χ1) is 13.1. The number of carbonyl (C=O) groups is 1. The number of hydrogen-bond donors (Lipinski definition) is 1. The summed E-state index contributed by atoms with van der Waals surface area (Å²) in [5, 5.41) is 0.931. The van der Waals surface area contributed by atoms with Crippen molar-refractivity contribution >= 4 is 16.8 Å². The van der Waals surface area contributed by atoms with Crippen LogP contribution in [0, 0.1) is 0 Å². The molecule has 27 heavy (non-hydrogen) atoms. The molecule has 0 bridgehead atoms. The predicted octanol–water partition coefficient (Wildman–Crippen LogP) is 2.89. The normalized spacial score (nSPS) is 17.0. The lowest BCUT2D eigenvalue weighted by Crippen LogP contribution is -2.32. The van der Waals surface area contributed by atoms with Crippen molar-refractivity contribution in [3.63, 3.8) is 0 Å². The van der Waals surface area contributed by atoms with Crippen LogP contribution in [-0.2, 0) is 16.0 Å². The second-order valence-electron chi connectivity index (χ2n) is 7.17. The van der Waals surface area contributed by atoms with Crippen molar-refractivity contribution in [1.82, 2.24) is 9.88 Å². The number of aromatic nitrogens is 1. The number of fused-ring (bicyclic) bond motifs is 1. The van der Waals surface area contributed by atoms with E-state index in [-0.39, 0.29) is 17.6 Å². The van der Waals surface area contributed by atoms with Gasteiger partial charge < -0.3 is 19.4 Å². The third-order valence-corrected chi connectivity index (χ3v) is 5.22. The van der Waals surface area contributed by atoms with E-state index in [1.54, 1.807) is 18.1 Å². The monoisotopic (exact) mass is 372 g/mol. The maximum absolute atomic E-state index is 12.4. The van der Waals surface area contributed by atoms with Gasteiger partial charge in [0.1, 0.15) is 5.75 Å². The van der Waals surface area contributed by atoms with Crippen LogP contribution in [0.15, 0.2) is 29.1 Å². The first kappa shape index (κ1) is 19.4. The largest absolute Gasteiger partial charge is 0.497 e. The molecular formula is C21H28N2O4. The van der Waals surface area contributed by atoms with E-state index in [2.05, 4.69) is 4.98 Å². The number of ether oxygens (including phenoxy) is 2. The van der Waals surface area contributed by atoms with Crippen LogP contribution in [0.4, 0.5) is 0 Å². The molecule has 1 aliphatic heterocycles. The molecule has 1 atom stereocenters. The van der Waals surface area contributed by atoms with Crippen molar-refractivity contribution in [2.24, 2.45) is 0 Å². The van der Waals surface area contributed by atoms with Gasteiger partial charge in [-0.25, -0.2) is 0 Å². The van der Waals surface area contributed by atoms with E-state index in [0.29, 0.717) is 30.7 Å². The van der Waals surface area contributed by atoms with E-state index in [1.807, 2.05) is 25.2 Å². The molecule has 1 aliphatic rings. The molecule has 146 valence electrons. The minimum atomic E-state index is -0.151. The number of nitrogens with one attached hydrogen (secondary N) is 1. The quantitative estimate of drug-likeness (QED) is 0.811. The Bertz CT molecular complexity index is 840. The number of aromatic amines is 1. The van der Waals surface area contributed by atoms with Gasteiger partial charge in [-0.15, -0.1) is 0 Å². The van der Waals surface area contributed by atoms with Gasteiger partial charge in [0.25, 0.3) is 5.56 Å². The van der Waals surface area contributed by atoms with Gasteiger partial charge in [-0.3, -0.25) is 9.59 Å². The summed E-state index contributed by atoms with van der Waals surface area (Å²) in [6.07, 6.45) is 5.33. The van der Waals surface area contributed by atoms with Crippen molar-refractivity contribution in [1.29, 1.82) is 0 Å². The highest BCUT2D eigenvalue weighted by Crippen LogP contribution is 2.19. The zero-order chi connectivity index (χ0) is 19.2. The molecule has 1 aromatic carbocycles. The highest BCUT2D eigenvalue weighted by Gasteiger charge is 2.16. The van der Waals surface area contributed by atoms with Crippen LogP contribution in [0.5, 0.6) is 5.75 Å². The minimum Gasteiger partial charge on any atom is -0.497 e. The molecule has 2 aromatic rings. The van der Waals surface area contributed by atoms with Gasteiger partial charge in [0.15, 0.2) is 0 Å². The smallest absolute Gasteiger partial charge is 0.251 e. The molecule has 0 spiro atoms. The SMILES string of the molecule is COc1ccc2cc(CCC(=O)N(C)CCC3CCCCO3)c(=O)[nH]c2c1. The Morgan fingerprint density at radius 2 is 2.19 bits per heavy atom. The molecule has 1 amide bonds. The Morgan fingerprint density at radius 1 is 1.33 bits per heavy atom. The zero-order valence-corrected chi connectivity index (χ0v) is 16.1. The molecule has 1 unspecified atom stereocenters. The van der Waals surface area contributed by atoms with Gasteiger partial charge in [0.2, 0.25) is 5.91 Å². The summed E-state index contributed by atoms with van der Waals surface area (Å²) in [7, 11) is 3.41. The fourth-order valence-electron chi connectivity index (χ4n) is 3.47. The summed E-state index contributed by atoms with van der Waals surface area (Å²) in [5.74, 6) is 0.754. The van der Waals surface area contributed by atoms with Crippen LogP contribution in [0.1, 0.15) is 37.7 Å². The summed E-state index contributed by atoms with van der Waals surface area (Å²) in [5.41, 5.74) is 1.21. The highest BCUT2D eigenvalue weighted by molar-refractivity contribution is 5.81. The number of pyridine rings is 1. The maximum atomic E-state index is 12.4. The van der Waals surface area contributed by atoms with E-state index < -0.39 is 0 Å². The van der Waals surface area contributed by atoms with Crippen molar-refractivity contribution in [3.8, 4) is 5.75 Å². The van der Waals surface area contributed by atoms with Crippen LogP contribution in [0.3, 0.4) is 0 Å². The molecule has 1 fully saturated rings. The number of H-pyrrole nitrogens is 1. The minimum absolute atomic E-state index is 0.0556. The number of benzene rings is 1. The molecule has 0 radical (unpaired) electrons. The number of aryl methyl sites for hydroxylation is 1. The molecule has 1 aromatic heterocycles. The average Bonchev–Trinajstić information content (AvgIpc) is 2.70. The highest BCUT2D eigenvalue weighted by atomic mass is 16.5. The molecule has 6 heteroatoms. The fourth-order valence-corrected chi connectivity index (χ4v) is 3.47. The van der Waals surface area contributed by atoms with Crippen LogP contribution in [0.25, 0.3) is 10.9 Å². The summed E-state index contributed by atoms with van der Waals surface area (Å²) in [4.78, 5) is 29.3. The second kappa shape index (κ2) is 9.04. The van der Waals surface area contributed by atoms with Crippen molar-refractivity contribution < 1.29 is 14.3 Å². The van der Waals surface area contributed by atoms with Crippen LogP contribution < -0.4 is 10.3 Å². The predicted molar refractivity (Wildman–Crippen MR) is 105 cm³/mol. The van der Waals surface area contributed by atoms with Crippen molar-refractivity contribution in [3.05, 3.63) is 40.2 Å². The van der Waals surface area contributed by atoms with E-state index in [4.69, 9.17) is 9.47 Å². The molecule has 1 saturated heterocycles. The lowest BCUT2D eigenvalue weighted by molar-refractivity contribution is -0.130. The lowest BCUT2D eigenvalue weighted by atomic mass is 10.1. The number of rotatable bonds is 7. The number of hydrogen-bond acceptors (Lipinski definition) is 4. The van der Waals surface area contributed by atoms with Crippen LogP contribution in [0.2, 0.25) is 0 Å². The number of amides is 1. The molecule has 1 N–H and O–H groups in total. The van der Waals surface area contributed by atoms with Gasteiger partial charge in [-0.05, 0) is 55.7 Å². The van der Waals surface area contributed by atoms with E-state index in [9.17, 15) is 9.59 Å². The summed E-state index contributed by atoms with van der Waals surface area (Å²) >= 11 is 0. The van der Waals surface area contributed by atoms with Crippen LogP contribution >= 0.6 is 0 Å². The van der Waals surface area contributed by atoms with E-state index >= 15 is 0 Å². The second-order valence-corrected chi connectivity index (χ2v) is 7.17. The van der Waals surface area contributed by atoms with Gasteiger partial charge in [0.05, 0.1) is 18.7 Å². The third-order valence-electron chi connectivity index (χ3n) is 5.22.